The van der Waals surface area contributed by atoms with Gasteiger partial charge in [-0.05, 0) is 11.6 Å². The molecule has 9 heteroatoms. The Morgan fingerprint density at radius 2 is 2.00 bits per heavy atom. The van der Waals surface area contributed by atoms with E-state index < -0.39 is 40.7 Å². The molecule has 1 rings (SSSR count). The number of benzene rings is 1. The first-order valence-electron chi connectivity index (χ1n) is 5.58. The van der Waals surface area contributed by atoms with Crippen LogP contribution in [0.15, 0.2) is 12.1 Å². The normalized spacial score (nSPS) is 11.3. The lowest BCUT2D eigenvalue weighted by Gasteiger charge is -2.16. The molecular formula is C12H11ClF3N2O3. The Morgan fingerprint density at radius 1 is 1.38 bits per heavy atom. The summed E-state index contributed by atoms with van der Waals surface area (Å²) < 4.78 is 38.9. The average molecular weight is 324 g/mol. The smallest absolute Gasteiger partial charge is 0.396 e. The molecule has 1 aromatic carbocycles. The van der Waals surface area contributed by atoms with Gasteiger partial charge in [-0.2, -0.15) is 13.2 Å². The standard InChI is InChI=1S/C12H11ClF3N2O3/c13-7-2-1-6(5-18-8(20)3-4-19)9(11(17)21)10(7)12(14,15)16/h1-3,19H,4-5H2,(H2,17,21)(H,18,20). The topological polar surface area (TPSA) is 92.4 Å². The summed E-state index contributed by atoms with van der Waals surface area (Å²) in [5.74, 6) is -2.00. The molecule has 0 saturated heterocycles. The molecule has 4 N–H and O–H groups in total. The van der Waals surface area contributed by atoms with Crippen molar-refractivity contribution in [1.29, 1.82) is 0 Å². The van der Waals surface area contributed by atoms with Crippen molar-refractivity contribution < 1.29 is 27.9 Å². The molecule has 1 radical (unpaired) electrons. The van der Waals surface area contributed by atoms with Crippen molar-refractivity contribution in [3.63, 3.8) is 0 Å². The highest BCUT2D eigenvalue weighted by Crippen LogP contribution is 2.38. The second-order valence-corrected chi connectivity index (χ2v) is 4.33. The van der Waals surface area contributed by atoms with Crippen LogP contribution in [0, 0.1) is 6.42 Å². The van der Waals surface area contributed by atoms with Gasteiger partial charge in [0.05, 0.1) is 29.2 Å². The fourth-order valence-electron chi connectivity index (χ4n) is 1.66. The van der Waals surface area contributed by atoms with Gasteiger partial charge in [-0.25, -0.2) is 0 Å². The maximum Gasteiger partial charge on any atom is 0.418 e. The van der Waals surface area contributed by atoms with Gasteiger partial charge in [-0.1, -0.05) is 17.7 Å². The van der Waals surface area contributed by atoms with Crippen molar-refractivity contribution in [3.8, 4) is 0 Å². The van der Waals surface area contributed by atoms with Crippen LogP contribution in [-0.4, -0.2) is 23.5 Å². The zero-order chi connectivity index (χ0) is 16.2. The Morgan fingerprint density at radius 3 is 2.48 bits per heavy atom. The van der Waals surface area contributed by atoms with Crippen LogP contribution < -0.4 is 11.1 Å². The predicted octanol–water partition coefficient (Wildman–Crippen LogP) is 1.27. The Bertz CT molecular complexity index is 561. The first kappa shape index (κ1) is 17.3. The van der Waals surface area contributed by atoms with Gasteiger partial charge < -0.3 is 16.2 Å². The summed E-state index contributed by atoms with van der Waals surface area (Å²) in [5.41, 5.74) is 2.73. The zero-order valence-electron chi connectivity index (χ0n) is 10.5. The number of amides is 2. The summed E-state index contributed by atoms with van der Waals surface area (Å²) >= 11 is 5.49. The number of halogens is 4. The number of hydrogen-bond donors (Lipinski definition) is 3. The number of aliphatic hydroxyl groups excluding tert-OH is 1. The van der Waals surface area contributed by atoms with Crippen LogP contribution >= 0.6 is 11.6 Å². The molecule has 5 nitrogen and oxygen atoms in total. The Hall–Kier alpha value is -1.80. The fourth-order valence-corrected chi connectivity index (χ4v) is 1.93. The highest BCUT2D eigenvalue weighted by molar-refractivity contribution is 6.32. The van der Waals surface area contributed by atoms with Crippen LogP contribution in [0.2, 0.25) is 5.02 Å². The fraction of sp³-hybridized carbons (Fsp3) is 0.250. The van der Waals surface area contributed by atoms with Crippen molar-refractivity contribution in [2.45, 2.75) is 12.7 Å². The lowest BCUT2D eigenvalue weighted by molar-refractivity contribution is -0.137. The Balaban J connectivity index is 3.22. The summed E-state index contributed by atoms with van der Waals surface area (Å²) in [6.07, 6.45) is -3.98. The van der Waals surface area contributed by atoms with Gasteiger partial charge >= 0.3 is 6.18 Å². The number of carbonyl (C=O) groups excluding carboxylic acids is 2. The second-order valence-electron chi connectivity index (χ2n) is 3.92. The molecule has 0 aliphatic carbocycles. The lowest BCUT2D eigenvalue weighted by Crippen LogP contribution is -2.27. The molecule has 0 aliphatic rings. The first-order valence-corrected chi connectivity index (χ1v) is 5.96. The van der Waals surface area contributed by atoms with Crippen LogP contribution in [0.25, 0.3) is 0 Å². The van der Waals surface area contributed by atoms with Crippen LogP contribution in [0.3, 0.4) is 0 Å². The summed E-state index contributed by atoms with van der Waals surface area (Å²) in [6.45, 7) is -0.892. The number of nitrogens with two attached hydrogens (primary N) is 1. The molecule has 0 atom stereocenters. The van der Waals surface area contributed by atoms with Crippen LogP contribution in [0.4, 0.5) is 13.2 Å². The third kappa shape index (κ3) is 4.33. The molecule has 0 unspecified atom stereocenters. The number of carbonyl (C=O) groups is 2. The van der Waals surface area contributed by atoms with E-state index in [0.29, 0.717) is 0 Å². The molecular weight excluding hydrogens is 313 g/mol. The first-order chi connectivity index (χ1) is 9.68. The van der Waals surface area contributed by atoms with Gasteiger partial charge in [0.1, 0.15) is 0 Å². The zero-order valence-corrected chi connectivity index (χ0v) is 11.3. The van der Waals surface area contributed by atoms with E-state index >= 15 is 0 Å². The quantitative estimate of drug-likeness (QED) is 0.762. The van der Waals surface area contributed by atoms with Crippen LogP contribution in [-0.2, 0) is 17.5 Å². The van der Waals surface area contributed by atoms with E-state index in [9.17, 15) is 22.8 Å². The third-order valence-electron chi connectivity index (χ3n) is 2.50. The van der Waals surface area contributed by atoms with E-state index in [0.717, 1.165) is 18.6 Å². The van der Waals surface area contributed by atoms with Crippen molar-refractivity contribution in [1.82, 2.24) is 5.32 Å². The van der Waals surface area contributed by atoms with Gasteiger partial charge in [0, 0.05) is 6.54 Å². The molecule has 0 fully saturated rings. The van der Waals surface area contributed by atoms with E-state index in [1.54, 1.807) is 0 Å². The number of alkyl halides is 3. The van der Waals surface area contributed by atoms with E-state index in [4.69, 9.17) is 22.4 Å². The summed E-state index contributed by atoms with van der Waals surface area (Å²) in [6, 6.07) is 2.13. The summed E-state index contributed by atoms with van der Waals surface area (Å²) in [5, 5.41) is 10.1. The molecule has 0 saturated carbocycles. The molecule has 0 bridgehead atoms. The third-order valence-corrected chi connectivity index (χ3v) is 2.82. The maximum absolute atomic E-state index is 13.0. The van der Waals surface area contributed by atoms with Crippen molar-refractivity contribution in [2.24, 2.45) is 5.73 Å². The molecule has 0 aliphatic heterocycles. The summed E-state index contributed by atoms with van der Waals surface area (Å²) in [4.78, 5) is 22.5. The molecule has 0 spiro atoms. The van der Waals surface area contributed by atoms with E-state index in [-0.39, 0.29) is 12.1 Å². The lowest BCUT2D eigenvalue weighted by atomic mass is 9.99. The monoisotopic (exact) mass is 323 g/mol. The van der Waals surface area contributed by atoms with Crippen molar-refractivity contribution in [3.05, 3.63) is 40.3 Å². The predicted molar refractivity (Wildman–Crippen MR) is 68.2 cm³/mol. The van der Waals surface area contributed by atoms with Crippen molar-refractivity contribution >= 4 is 23.4 Å². The molecule has 115 valence electrons. The van der Waals surface area contributed by atoms with Crippen LogP contribution in [0.1, 0.15) is 21.5 Å². The highest BCUT2D eigenvalue weighted by atomic mass is 35.5. The number of hydrogen-bond acceptors (Lipinski definition) is 3. The Kier molecular flexibility index (Phi) is 5.56. The van der Waals surface area contributed by atoms with Crippen LogP contribution in [0.5, 0.6) is 0 Å². The van der Waals surface area contributed by atoms with Gasteiger partial charge in [0.15, 0.2) is 0 Å². The minimum atomic E-state index is -4.86. The molecule has 0 aromatic heterocycles. The van der Waals surface area contributed by atoms with Gasteiger partial charge in [0.25, 0.3) is 0 Å². The minimum absolute atomic E-state index is 0.126. The van der Waals surface area contributed by atoms with Gasteiger partial charge in [0.2, 0.25) is 11.8 Å². The number of aliphatic hydroxyl groups is 1. The number of primary amides is 1. The largest absolute Gasteiger partial charge is 0.418 e. The molecule has 21 heavy (non-hydrogen) atoms. The second kappa shape index (κ2) is 6.77. The maximum atomic E-state index is 13.0. The molecule has 1 aromatic rings. The van der Waals surface area contributed by atoms with E-state index in [1.807, 2.05) is 0 Å². The van der Waals surface area contributed by atoms with Crippen molar-refractivity contribution in [2.75, 3.05) is 6.61 Å². The van der Waals surface area contributed by atoms with E-state index in [1.165, 1.54) is 0 Å². The van der Waals surface area contributed by atoms with Gasteiger partial charge in [-0.3, -0.25) is 9.59 Å². The SMILES string of the molecule is NC(=O)c1c(CNC(=O)[CH]CO)ccc(Cl)c1C(F)(F)F. The minimum Gasteiger partial charge on any atom is -0.396 e. The molecule has 2 amide bonds. The van der Waals surface area contributed by atoms with E-state index in [2.05, 4.69) is 5.32 Å². The molecule has 0 heterocycles. The number of rotatable bonds is 5. The Labute approximate surface area is 122 Å². The highest BCUT2D eigenvalue weighted by Gasteiger charge is 2.38. The number of nitrogens with one attached hydrogen (secondary N) is 1. The average Bonchev–Trinajstić information content (AvgIpc) is 2.35. The van der Waals surface area contributed by atoms with Gasteiger partial charge in [-0.15, -0.1) is 0 Å². The summed E-state index contributed by atoms with van der Waals surface area (Å²) in [7, 11) is 0.